The molecule has 0 heterocycles. The maximum atomic E-state index is 3.62. The van der Waals surface area contributed by atoms with Crippen LogP contribution in [0, 0.1) is 5.92 Å². The van der Waals surface area contributed by atoms with Crippen LogP contribution in [0.3, 0.4) is 0 Å². The molecule has 96 valence electrons. The number of likely N-dealkylation sites (N-methyl/N-ethyl adjacent to an activating group) is 2. The fourth-order valence-electron chi connectivity index (χ4n) is 2.60. The number of hydrogen-bond donors (Lipinski definition) is 1. The maximum Gasteiger partial charge on any atom is 0.0480 e. The molecule has 0 fully saturated rings. The van der Waals surface area contributed by atoms with Gasteiger partial charge in [-0.3, -0.25) is 0 Å². The van der Waals surface area contributed by atoms with Gasteiger partial charge in [0.05, 0.1) is 0 Å². The third kappa shape index (κ3) is 3.83. The second-order valence-electron chi connectivity index (χ2n) is 5.14. The SMILES string of the molecule is CCNC(c1ccccc1)C(C(C)C)N(C)C. The largest absolute Gasteiger partial charge is 0.309 e. The summed E-state index contributed by atoms with van der Waals surface area (Å²) in [6.07, 6.45) is 0. The van der Waals surface area contributed by atoms with Crippen LogP contribution in [0.15, 0.2) is 30.3 Å². The van der Waals surface area contributed by atoms with E-state index in [0.717, 1.165) is 6.54 Å². The van der Waals surface area contributed by atoms with Gasteiger partial charge in [0.15, 0.2) is 0 Å². The van der Waals surface area contributed by atoms with E-state index in [4.69, 9.17) is 0 Å². The first kappa shape index (κ1) is 14.2. The van der Waals surface area contributed by atoms with E-state index >= 15 is 0 Å². The molecule has 2 nitrogen and oxygen atoms in total. The van der Waals surface area contributed by atoms with E-state index in [1.807, 2.05) is 0 Å². The lowest BCUT2D eigenvalue weighted by Crippen LogP contribution is -2.44. The van der Waals surface area contributed by atoms with Crippen molar-refractivity contribution in [2.45, 2.75) is 32.9 Å². The molecule has 1 N–H and O–H groups in total. The Labute approximate surface area is 106 Å². The van der Waals surface area contributed by atoms with Gasteiger partial charge in [0.25, 0.3) is 0 Å². The molecule has 1 aromatic rings. The molecular formula is C15H26N2. The molecule has 2 heteroatoms. The van der Waals surface area contributed by atoms with E-state index in [1.54, 1.807) is 0 Å². The molecule has 0 spiro atoms. The smallest absolute Gasteiger partial charge is 0.0480 e. The predicted octanol–water partition coefficient (Wildman–Crippen LogP) is 2.92. The molecular weight excluding hydrogens is 208 g/mol. The first-order valence-electron chi connectivity index (χ1n) is 6.52. The molecule has 2 atom stereocenters. The van der Waals surface area contributed by atoms with Gasteiger partial charge < -0.3 is 10.2 Å². The van der Waals surface area contributed by atoms with Crippen LogP contribution in [0.25, 0.3) is 0 Å². The Bertz CT molecular complexity index is 298. The van der Waals surface area contributed by atoms with Crippen molar-refractivity contribution in [2.24, 2.45) is 5.92 Å². The second kappa shape index (κ2) is 6.77. The summed E-state index contributed by atoms with van der Waals surface area (Å²) in [5.74, 6) is 0.620. The zero-order chi connectivity index (χ0) is 12.8. The van der Waals surface area contributed by atoms with Gasteiger partial charge in [0.1, 0.15) is 0 Å². The van der Waals surface area contributed by atoms with E-state index in [0.29, 0.717) is 18.0 Å². The van der Waals surface area contributed by atoms with Gasteiger partial charge in [0.2, 0.25) is 0 Å². The van der Waals surface area contributed by atoms with E-state index in [-0.39, 0.29) is 0 Å². The summed E-state index contributed by atoms with van der Waals surface area (Å²) in [6, 6.07) is 11.7. The molecule has 0 saturated carbocycles. The van der Waals surface area contributed by atoms with Crippen LogP contribution < -0.4 is 5.32 Å². The molecule has 0 bridgehead atoms. The van der Waals surface area contributed by atoms with Crippen LogP contribution in [0.5, 0.6) is 0 Å². The van der Waals surface area contributed by atoms with Gasteiger partial charge in [-0.25, -0.2) is 0 Å². The van der Waals surface area contributed by atoms with Crippen LogP contribution in [-0.2, 0) is 0 Å². The Morgan fingerprint density at radius 2 is 1.71 bits per heavy atom. The fraction of sp³-hybridized carbons (Fsp3) is 0.600. The highest BCUT2D eigenvalue weighted by Crippen LogP contribution is 2.25. The second-order valence-corrected chi connectivity index (χ2v) is 5.14. The predicted molar refractivity (Wildman–Crippen MR) is 75.2 cm³/mol. The average Bonchev–Trinajstić information content (AvgIpc) is 2.28. The molecule has 17 heavy (non-hydrogen) atoms. The Kier molecular flexibility index (Phi) is 5.66. The van der Waals surface area contributed by atoms with Crippen molar-refractivity contribution in [3.63, 3.8) is 0 Å². The third-order valence-electron chi connectivity index (χ3n) is 3.20. The van der Waals surface area contributed by atoms with Gasteiger partial charge in [-0.15, -0.1) is 0 Å². The Morgan fingerprint density at radius 1 is 1.12 bits per heavy atom. The van der Waals surface area contributed by atoms with Crippen LogP contribution >= 0.6 is 0 Å². The fourth-order valence-corrected chi connectivity index (χ4v) is 2.60. The van der Waals surface area contributed by atoms with Crippen molar-refractivity contribution in [2.75, 3.05) is 20.6 Å². The molecule has 0 aliphatic rings. The monoisotopic (exact) mass is 234 g/mol. The molecule has 2 unspecified atom stereocenters. The topological polar surface area (TPSA) is 15.3 Å². The summed E-state index contributed by atoms with van der Waals surface area (Å²) < 4.78 is 0. The van der Waals surface area contributed by atoms with Crippen molar-refractivity contribution in [1.29, 1.82) is 0 Å². The highest BCUT2D eigenvalue weighted by molar-refractivity contribution is 5.21. The van der Waals surface area contributed by atoms with Gasteiger partial charge in [-0.05, 0) is 32.1 Å². The molecule has 0 amide bonds. The molecule has 0 aromatic heterocycles. The van der Waals surface area contributed by atoms with E-state index in [1.165, 1.54) is 5.56 Å². The quantitative estimate of drug-likeness (QED) is 0.814. The van der Waals surface area contributed by atoms with Crippen molar-refractivity contribution in [3.8, 4) is 0 Å². The number of nitrogens with one attached hydrogen (secondary N) is 1. The van der Waals surface area contributed by atoms with E-state index in [9.17, 15) is 0 Å². The van der Waals surface area contributed by atoms with Gasteiger partial charge in [0, 0.05) is 12.1 Å². The minimum atomic E-state index is 0.399. The Hall–Kier alpha value is -0.860. The van der Waals surface area contributed by atoms with Gasteiger partial charge in [-0.2, -0.15) is 0 Å². The van der Waals surface area contributed by atoms with Crippen molar-refractivity contribution in [1.82, 2.24) is 10.2 Å². The maximum absolute atomic E-state index is 3.62. The minimum absolute atomic E-state index is 0.399. The molecule has 1 rings (SSSR count). The van der Waals surface area contributed by atoms with Crippen molar-refractivity contribution < 1.29 is 0 Å². The normalized spacial score (nSPS) is 15.2. The van der Waals surface area contributed by atoms with Crippen LogP contribution in [0.1, 0.15) is 32.4 Å². The van der Waals surface area contributed by atoms with Crippen LogP contribution in [0.2, 0.25) is 0 Å². The van der Waals surface area contributed by atoms with Crippen LogP contribution in [-0.4, -0.2) is 31.6 Å². The van der Waals surface area contributed by atoms with E-state index < -0.39 is 0 Å². The zero-order valence-corrected chi connectivity index (χ0v) is 11.8. The van der Waals surface area contributed by atoms with Gasteiger partial charge >= 0.3 is 0 Å². The van der Waals surface area contributed by atoms with Crippen LogP contribution in [0.4, 0.5) is 0 Å². The first-order valence-corrected chi connectivity index (χ1v) is 6.52. The van der Waals surface area contributed by atoms with Crippen molar-refractivity contribution in [3.05, 3.63) is 35.9 Å². The first-order chi connectivity index (χ1) is 8.07. The Balaban J connectivity index is 2.98. The lowest BCUT2D eigenvalue weighted by atomic mass is 9.90. The highest BCUT2D eigenvalue weighted by Gasteiger charge is 2.26. The molecule has 0 aliphatic carbocycles. The zero-order valence-electron chi connectivity index (χ0n) is 11.8. The van der Waals surface area contributed by atoms with Crippen molar-refractivity contribution >= 4 is 0 Å². The summed E-state index contributed by atoms with van der Waals surface area (Å²) in [7, 11) is 4.33. The molecule has 1 aromatic carbocycles. The summed E-state index contributed by atoms with van der Waals surface area (Å²) in [4.78, 5) is 2.32. The van der Waals surface area contributed by atoms with E-state index in [2.05, 4.69) is 75.4 Å². The Morgan fingerprint density at radius 3 is 2.12 bits per heavy atom. The third-order valence-corrected chi connectivity index (χ3v) is 3.20. The summed E-state index contributed by atoms with van der Waals surface area (Å²) in [5.41, 5.74) is 1.38. The number of rotatable bonds is 6. The minimum Gasteiger partial charge on any atom is -0.309 e. The lowest BCUT2D eigenvalue weighted by molar-refractivity contribution is 0.177. The van der Waals surface area contributed by atoms with Gasteiger partial charge in [-0.1, -0.05) is 51.1 Å². The summed E-state index contributed by atoms with van der Waals surface area (Å²) in [6.45, 7) is 7.75. The highest BCUT2D eigenvalue weighted by atomic mass is 15.1. The number of benzene rings is 1. The molecule has 0 radical (unpaired) electrons. The summed E-state index contributed by atoms with van der Waals surface area (Å²) >= 11 is 0. The molecule has 0 saturated heterocycles. The lowest BCUT2D eigenvalue weighted by Gasteiger charge is -2.36. The number of hydrogen-bond acceptors (Lipinski definition) is 2. The summed E-state index contributed by atoms with van der Waals surface area (Å²) in [5, 5.41) is 3.62. The standard InChI is InChI=1S/C15H26N2/c1-6-16-14(13-10-8-7-9-11-13)15(12(2)3)17(4)5/h7-12,14-16H,6H2,1-5H3. The number of nitrogens with zero attached hydrogens (tertiary/aromatic N) is 1. The average molecular weight is 234 g/mol. The molecule has 0 aliphatic heterocycles.